The third-order valence-corrected chi connectivity index (χ3v) is 7.40. The molecule has 1 saturated heterocycles. The molecular weight excluding hydrogens is 396 g/mol. The maximum absolute atomic E-state index is 13.4. The number of carbonyl (C=O) groups is 1. The number of hydrogen-bond donors (Lipinski definition) is 1. The van der Waals surface area contributed by atoms with Gasteiger partial charge in [-0.3, -0.25) is 9.48 Å². The molecule has 1 amide bonds. The van der Waals surface area contributed by atoms with Crippen molar-refractivity contribution in [2.24, 2.45) is 13.0 Å². The zero-order valence-corrected chi connectivity index (χ0v) is 18.7. The number of aryl methyl sites for hydroxylation is 1. The molecule has 2 aliphatic rings. The van der Waals surface area contributed by atoms with Crippen molar-refractivity contribution in [3.8, 4) is 0 Å². The first kappa shape index (κ1) is 21.0. The molecule has 1 aromatic heterocycles. The largest absolute Gasteiger partial charge is 0.335 e. The topological polar surface area (TPSA) is 50.2 Å². The van der Waals surface area contributed by atoms with Gasteiger partial charge in [-0.05, 0) is 42.4 Å². The van der Waals surface area contributed by atoms with E-state index < -0.39 is 0 Å². The van der Waals surface area contributed by atoms with E-state index in [9.17, 15) is 4.79 Å². The standard InChI is InChI=1S/C27H32N4O/c1-30-22(15-16-29-30)18-28-24-13-8-14-25-27(24)23(21-11-6-3-7-12-21)17-26(32)31(25)19-20-9-4-2-5-10-20/h2-7,9-12,15-16,23-25,27-28H,8,13-14,17-19H2,1H3/t23-,24+,25-,27+/m1/s1. The molecule has 1 N–H and O–H groups in total. The lowest BCUT2D eigenvalue weighted by atomic mass is 9.66. The first-order valence-electron chi connectivity index (χ1n) is 11.8. The molecule has 2 aromatic carbocycles. The van der Waals surface area contributed by atoms with E-state index in [0.29, 0.717) is 24.9 Å². The van der Waals surface area contributed by atoms with Crippen molar-refractivity contribution in [1.82, 2.24) is 20.0 Å². The SMILES string of the molecule is Cn1nccc1CN[C@H]1CCC[C@@H]2[C@H]1[C@@H](c1ccccc1)CC(=O)N2Cc1ccccc1. The number of rotatable bonds is 6. The van der Waals surface area contributed by atoms with Crippen LogP contribution < -0.4 is 5.32 Å². The maximum Gasteiger partial charge on any atom is 0.223 e. The summed E-state index contributed by atoms with van der Waals surface area (Å²) in [6, 6.07) is 23.8. The van der Waals surface area contributed by atoms with Crippen LogP contribution in [0.4, 0.5) is 0 Å². The molecule has 5 heteroatoms. The number of likely N-dealkylation sites (tertiary alicyclic amines) is 1. The number of aromatic nitrogens is 2. The van der Waals surface area contributed by atoms with Gasteiger partial charge < -0.3 is 10.2 Å². The summed E-state index contributed by atoms with van der Waals surface area (Å²) in [7, 11) is 1.99. The fourth-order valence-corrected chi connectivity index (χ4v) is 5.81. The number of fused-ring (bicyclic) bond motifs is 1. The Hall–Kier alpha value is -2.92. The highest BCUT2D eigenvalue weighted by Crippen LogP contribution is 2.45. The fraction of sp³-hybridized carbons (Fsp3) is 0.407. The van der Waals surface area contributed by atoms with Crippen LogP contribution in [0.5, 0.6) is 0 Å². The van der Waals surface area contributed by atoms with E-state index >= 15 is 0 Å². The Balaban J connectivity index is 1.44. The van der Waals surface area contributed by atoms with Gasteiger partial charge in [0.15, 0.2) is 0 Å². The summed E-state index contributed by atoms with van der Waals surface area (Å²) in [4.78, 5) is 15.6. The van der Waals surface area contributed by atoms with Crippen LogP contribution in [-0.2, 0) is 24.9 Å². The molecule has 0 bridgehead atoms. The van der Waals surface area contributed by atoms with Crippen molar-refractivity contribution < 1.29 is 4.79 Å². The second kappa shape index (κ2) is 9.29. The molecule has 2 heterocycles. The average Bonchev–Trinajstić information content (AvgIpc) is 3.25. The number of hydrogen-bond acceptors (Lipinski definition) is 3. The van der Waals surface area contributed by atoms with Crippen molar-refractivity contribution in [1.29, 1.82) is 0 Å². The van der Waals surface area contributed by atoms with Gasteiger partial charge in [-0.15, -0.1) is 0 Å². The predicted molar refractivity (Wildman–Crippen MR) is 126 cm³/mol. The molecule has 1 aliphatic heterocycles. The number of nitrogens with zero attached hydrogens (tertiary/aromatic N) is 3. The van der Waals surface area contributed by atoms with Gasteiger partial charge in [0.2, 0.25) is 5.91 Å². The Morgan fingerprint density at radius 2 is 1.75 bits per heavy atom. The summed E-state index contributed by atoms with van der Waals surface area (Å²) in [6.45, 7) is 1.51. The zero-order valence-electron chi connectivity index (χ0n) is 18.7. The van der Waals surface area contributed by atoms with Crippen LogP contribution >= 0.6 is 0 Å². The number of piperidine rings is 1. The number of carbonyl (C=O) groups excluding carboxylic acids is 1. The van der Waals surface area contributed by atoms with Gasteiger partial charge in [0.05, 0.1) is 5.69 Å². The van der Waals surface area contributed by atoms with Gasteiger partial charge >= 0.3 is 0 Å². The van der Waals surface area contributed by atoms with Crippen molar-refractivity contribution in [3.05, 3.63) is 89.7 Å². The lowest BCUT2D eigenvalue weighted by molar-refractivity contribution is -0.143. The highest BCUT2D eigenvalue weighted by atomic mass is 16.2. The smallest absolute Gasteiger partial charge is 0.223 e. The highest BCUT2D eigenvalue weighted by molar-refractivity contribution is 5.79. The van der Waals surface area contributed by atoms with E-state index in [-0.39, 0.29) is 17.9 Å². The summed E-state index contributed by atoms with van der Waals surface area (Å²) < 4.78 is 1.94. The molecule has 0 radical (unpaired) electrons. The molecular formula is C27H32N4O. The van der Waals surface area contributed by atoms with E-state index in [4.69, 9.17) is 0 Å². The van der Waals surface area contributed by atoms with E-state index in [0.717, 1.165) is 25.8 Å². The molecule has 1 aliphatic carbocycles. The van der Waals surface area contributed by atoms with Crippen LogP contribution in [0.15, 0.2) is 72.9 Å². The summed E-state index contributed by atoms with van der Waals surface area (Å²) >= 11 is 0. The van der Waals surface area contributed by atoms with Crippen LogP contribution in [0.3, 0.4) is 0 Å². The monoisotopic (exact) mass is 428 g/mol. The molecule has 4 atom stereocenters. The Kier molecular flexibility index (Phi) is 6.08. The van der Waals surface area contributed by atoms with Gasteiger partial charge in [-0.2, -0.15) is 5.10 Å². The molecule has 5 nitrogen and oxygen atoms in total. The summed E-state index contributed by atoms with van der Waals surface area (Å²) in [5.74, 6) is 0.946. The van der Waals surface area contributed by atoms with Crippen LogP contribution in [-0.4, -0.2) is 32.7 Å². The summed E-state index contributed by atoms with van der Waals surface area (Å²) in [5.41, 5.74) is 3.70. The number of benzene rings is 2. The summed E-state index contributed by atoms with van der Waals surface area (Å²) in [6.07, 6.45) is 5.81. The van der Waals surface area contributed by atoms with Crippen LogP contribution in [0.25, 0.3) is 0 Å². The first-order valence-corrected chi connectivity index (χ1v) is 11.8. The third-order valence-electron chi connectivity index (χ3n) is 7.40. The summed E-state index contributed by atoms with van der Waals surface area (Å²) in [5, 5.41) is 8.18. The van der Waals surface area contributed by atoms with E-state index in [1.54, 1.807) is 0 Å². The van der Waals surface area contributed by atoms with Gasteiger partial charge in [-0.25, -0.2) is 0 Å². The van der Waals surface area contributed by atoms with Gasteiger partial charge in [-0.1, -0.05) is 60.7 Å². The number of nitrogens with one attached hydrogen (secondary N) is 1. The molecule has 1 saturated carbocycles. The van der Waals surface area contributed by atoms with Crippen LogP contribution in [0, 0.1) is 5.92 Å². The lowest BCUT2D eigenvalue weighted by Gasteiger charge is -2.51. The van der Waals surface area contributed by atoms with Crippen molar-refractivity contribution >= 4 is 5.91 Å². The van der Waals surface area contributed by atoms with Gasteiger partial charge in [0, 0.05) is 50.8 Å². The van der Waals surface area contributed by atoms with Crippen LogP contribution in [0.1, 0.15) is 48.4 Å². The van der Waals surface area contributed by atoms with Crippen molar-refractivity contribution in [2.75, 3.05) is 0 Å². The second-order valence-electron chi connectivity index (χ2n) is 9.24. The quantitative estimate of drug-likeness (QED) is 0.638. The Morgan fingerprint density at radius 3 is 2.47 bits per heavy atom. The van der Waals surface area contributed by atoms with Crippen LogP contribution in [0.2, 0.25) is 0 Å². The van der Waals surface area contributed by atoms with E-state index in [1.807, 2.05) is 24.0 Å². The zero-order chi connectivity index (χ0) is 21.9. The van der Waals surface area contributed by atoms with Gasteiger partial charge in [0.25, 0.3) is 0 Å². The second-order valence-corrected chi connectivity index (χ2v) is 9.24. The normalized spacial score (nSPS) is 25.5. The maximum atomic E-state index is 13.4. The van der Waals surface area contributed by atoms with Crippen molar-refractivity contribution in [2.45, 2.75) is 56.8 Å². The lowest BCUT2D eigenvalue weighted by Crippen LogP contribution is -2.59. The molecule has 5 rings (SSSR count). The Labute approximate surface area is 190 Å². The van der Waals surface area contributed by atoms with E-state index in [1.165, 1.54) is 16.8 Å². The van der Waals surface area contributed by atoms with E-state index in [2.05, 4.69) is 76.0 Å². The minimum absolute atomic E-state index is 0.255. The minimum Gasteiger partial charge on any atom is -0.335 e. The Bertz CT molecular complexity index is 1030. The van der Waals surface area contributed by atoms with Gasteiger partial charge in [0.1, 0.15) is 0 Å². The average molecular weight is 429 g/mol. The molecule has 0 spiro atoms. The first-order chi connectivity index (χ1) is 15.7. The molecule has 2 fully saturated rings. The Morgan fingerprint density at radius 1 is 1.00 bits per heavy atom. The molecule has 32 heavy (non-hydrogen) atoms. The molecule has 166 valence electrons. The minimum atomic E-state index is 0.255. The fourth-order valence-electron chi connectivity index (χ4n) is 5.81. The highest BCUT2D eigenvalue weighted by Gasteiger charge is 2.47. The predicted octanol–water partition coefficient (Wildman–Crippen LogP) is 4.26. The molecule has 0 unspecified atom stereocenters. The third kappa shape index (κ3) is 4.22. The number of amides is 1. The molecule has 3 aromatic rings. The van der Waals surface area contributed by atoms with Crippen molar-refractivity contribution in [3.63, 3.8) is 0 Å².